The first-order valence-corrected chi connectivity index (χ1v) is 7.16. The maximum absolute atomic E-state index is 13.7. The van der Waals surface area contributed by atoms with Crippen LogP contribution in [-0.4, -0.2) is 31.2 Å². The monoisotopic (exact) mass is 358 g/mol. The van der Waals surface area contributed by atoms with Crippen molar-refractivity contribution in [1.82, 2.24) is 0 Å². The number of rotatable bonds is 0. The summed E-state index contributed by atoms with van der Waals surface area (Å²) in [5, 5.41) is 0. The highest BCUT2D eigenvalue weighted by atomic mass is 79.9. The van der Waals surface area contributed by atoms with Crippen LogP contribution < -0.4 is 9.80 Å². The van der Waals surface area contributed by atoms with Crippen molar-refractivity contribution < 1.29 is 18.7 Å². The van der Waals surface area contributed by atoms with Crippen LogP contribution in [0, 0.1) is 5.82 Å². The molecule has 1 heterocycles. The number of hydrogen-bond donors (Lipinski definition) is 0. The quantitative estimate of drug-likeness (QED) is 0.714. The van der Waals surface area contributed by atoms with Crippen LogP contribution >= 0.6 is 15.9 Å². The maximum atomic E-state index is 13.7. The summed E-state index contributed by atoms with van der Waals surface area (Å²) in [6, 6.07) is 2.70. The van der Waals surface area contributed by atoms with E-state index >= 15 is 0 Å². The van der Waals surface area contributed by atoms with E-state index in [9.17, 15) is 14.0 Å². The van der Waals surface area contributed by atoms with Gasteiger partial charge in [-0.1, -0.05) is 0 Å². The molecule has 0 fully saturated rings. The van der Waals surface area contributed by atoms with Gasteiger partial charge < -0.3 is 9.64 Å². The molecule has 0 saturated heterocycles. The second kappa shape index (κ2) is 5.29. The minimum atomic E-state index is -0.680. The fraction of sp³-hybridized carbons (Fsp3) is 0.429. The Morgan fingerprint density at radius 2 is 2.00 bits per heavy atom. The molecular weight excluding hydrogens is 343 g/mol. The first kappa shape index (κ1) is 15.8. The number of benzene rings is 1. The molecule has 21 heavy (non-hydrogen) atoms. The first-order chi connectivity index (χ1) is 9.61. The zero-order valence-electron chi connectivity index (χ0n) is 12.2. The van der Waals surface area contributed by atoms with E-state index in [2.05, 4.69) is 15.9 Å². The van der Waals surface area contributed by atoms with E-state index in [-0.39, 0.29) is 16.9 Å². The molecule has 0 saturated carbocycles. The van der Waals surface area contributed by atoms with Gasteiger partial charge in [0.05, 0.1) is 15.8 Å². The van der Waals surface area contributed by atoms with Gasteiger partial charge in [0, 0.05) is 7.05 Å². The highest BCUT2D eigenvalue weighted by Crippen LogP contribution is 2.40. The lowest BCUT2D eigenvalue weighted by Crippen LogP contribution is -2.48. The summed E-state index contributed by atoms with van der Waals surface area (Å²) in [4.78, 5) is 26.8. The van der Waals surface area contributed by atoms with E-state index in [1.165, 1.54) is 29.0 Å². The number of carbonyl (C=O) groups is 2. The minimum absolute atomic E-state index is 0.142. The molecule has 1 aromatic carbocycles. The zero-order valence-corrected chi connectivity index (χ0v) is 13.8. The lowest BCUT2D eigenvalue weighted by molar-refractivity contribution is -0.117. The summed E-state index contributed by atoms with van der Waals surface area (Å²) in [5.41, 5.74) is 0.0673. The van der Waals surface area contributed by atoms with Crippen LogP contribution in [-0.2, 0) is 9.53 Å². The Morgan fingerprint density at radius 3 is 2.57 bits per heavy atom. The second-order valence-corrected chi connectivity index (χ2v) is 6.54. The molecule has 2 amide bonds. The highest BCUT2D eigenvalue weighted by molar-refractivity contribution is 9.10. The van der Waals surface area contributed by atoms with Gasteiger partial charge in [-0.25, -0.2) is 9.18 Å². The Hall–Kier alpha value is -1.63. The van der Waals surface area contributed by atoms with Crippen molar-refractivity contribution in [3.8, 4) is 0 Å². The number of amides is 2. The zero-order chi connectivity index (χ0) is 15.9. The summed E-state index contributed by atoms with van der Waals surface area (Å²) >= 11 is 3.12. The van der Waals surface area contributed by atoms with E-state index in [1.807, 2.05) is 0 Å². The van der Waals surface area contributed by atoms with Gasteiger partial charge in [-0.2, -0.15) is 0 Å². The smallest absolute Gasteiger partial charge is 0.415 e. The van der Waals surface area contributed by atoms with E-state index in [0.29, 0.717) is 11.4 Å². The van der Waals surface area contributed by atoms with Crippen molar-refractivity contribution in [3.05, 3.63) is 22.4 Å². The summed E-state index contributed by atoms with van der Waals surface area (Å²) in [5.74, 6) is -0.820. The number of hydrogen-bond acceptors (Lipinski definition) is 3. The van der Waals surface area contributed by atoms with Gasteiger partial charge in [0.2, 0.25) is 5.91 Å². The molecule has 0 radical (unpaired) electrons. The fourth-order valence-corrected chi connectivity index (χ4v) is 2.60. The summed E-state index contributed by atoms with van der Waals surface area (Å²) in [7, 11) is 1.54. The topological polar surface area (TPSA) is 49.9 Å². The molecule has 1 aliphatic rings. The molecule has 5 nitrogen and oxygen atoms in total. The van der Waals surface area contributed by atoms with Gasteiger partial charge in [-0.3, -0.25) is 9.69 Å². The van der Waals surface area contributed by atoms with Crippen LogP contribution in [0.3, 0.4) is 0 Å². The molecule has 1 aromatic rings. The van der Waals surface area contributed by atoms with Crippen molar-refractivity contribution in [2.45, 2.75) is 26.4 Å². The largest absolute Gasteiger partial charge is 0.443 e. The summed E-state index contributed by atoms with van der Waals surface area (Å²) in [6.45, 7) is 5.08. The molecule has 0 bridgehead atoms. The average Bonchev–Trinajstić information content (AvgIpc) is 2.35. The minimum Gasteiger partial charge on any atom is -0.443 e. The van der Waals surface area contributed by atoms with Crippen LogP contribution in [0.15, 0.2) is 16.6 Å². The predicted octanol–water partition coefficient (Wildman–Crippen LogP) is 3.31. The van der Waals surface area contributed by atoms with Crippen molar-refractivity contribution in [2.24, 2.45) is 0 Å². The van der Waals surface area contributed by atoms with E-state index < -0.39 is 17.5 Å². The molecule has 0 aliphatic carbocycles. The first-order valence-electron chi connectivity index (χ1n) is 6.37. The van der Waals surface area contributed by atoms with E-state index in [1.54, 1.807) is 20.8 Å². The van der Waals surface area contributed by atoms with E-state index in [4.69, 9.17) is 4.74 Å². The third-order valence-electron chi connectivity index (χ3n) is 2.96. The Morgan fingerprint density at radius 1 is 1.38 bits per heavy atom. The van der Waals surface area contributed by atoms with Crippen LogP contribution in [0.5, 0.6) is 0 Å². The van der Waals surface area contributed by atoms with Gasteiger partial charge in [0.1, 0.15) is 18.0 Å². The molecule has 0 N–H and O–H groups in total. The lowest BCUT2D eigenvalue weighted by Gasteiger charge is -2.35. The molecule has 114 valence electrons. The molecule has 0 atom stereocenters. The number of likely N-dealkylation sites (N-methyl/N-ethyl adjacent to an activating group) is 1. The molecule has 0 unspecified atom stereocenters. The number of nitrogens with zero attached hydrogens (tertiary/aromatic N) is 2. The predicted molar refractivity (Wildman–Crippen MR) is 81.1 cm³/mol. The van der Waals surface area contributed by atoms with Crippen molar-refractivity contribution in [1.29, 1.82) is 0 Å². The maximum Gasteiger partial charge on any atom is 0.415 e. The molecule has 2 rings (SSSR count). The van der Waals surface area contributed by atoms with Crippen molar-refractivity contribution in [3.63, 3.8) is 0 Å². The van der Waals surface area contributed by atoms with Crippen molar-refractivity contribution >= 4 is 39.3 Å². The van der Waals surface area contributed by atoms with Crippen LogP contribution in [0.25, 0.3) is 0 Å². The van der Waals surface area contributed by atoms with Crippen LogP contribution in [0.1, 0.15) is 20.8 Å². The Balaban J connectivity index is 2.48. The average molecular weight is 359 g/mol. The Labute approximate surface area is 130 Å². The van der Waals surface area contributed by atoms with Gasteiger partial charge in [0.25, 0.3) is 0 Å². The third-order valence-corrected chi connectivity index (χ3v) is 3.71. The number of ether oxygens (including phenoxy) is 1. The number of halogens is 2. The molecule has 0 spiro atoms. The van der Waals surface area contributed by atoms with Gasteiger partial charge >= 0.3 is 6.09 Å². The lowest BCUT2D eigenvalue weighted by atomic mass is 10.1. The Bertz CT molecular complexity index is 613. The van der Waals surface area contributed by atoms with Crippen molar-refractivity contribution in [2.75, 3.05) is 23.4 Å². The molecule has 7 heteroatoms. The van der Waals surface area contributed by atoms with Gasteiger partial charge in [0.15, 0.2) is 0 Å². The summed E-state index contributed by atoms with van der Waals surface area (Å²) in [6.07, 6.45) is -0.635. The number of anilines is 2. The highest BCUT2D eigenvalue weighted by Gasteiger charge is 2.35. The standard InChI is InChI=1S/C14H16BrFN2O3/c1-14(2,3)21-13(20)18-7-10(19)17(4)12-9(18)6-5-8(16)11(12)15/h5-6H,7H2,1-4H3. The van der Waals surface area contributed by atoms with Gasteiger partial charge in [-0.15, -0.1) is 0 Å². The Kier molecular flexibility index (Phi) is 3.97. The molecular formula is C14H16BrFN2O3. The second-order valence-electron chi connectivity index (χ2n) is 5.75. The number of carbonyl (C=O) groups excluding carboxylic acids is 2. The van der Waals surface area contributed by atoms with Crippen LogP contribution in [0.4, 0.5) is 20.6 Å². The molecule has 1 aliphatic heterocycles. The fourth-order valence-electron chi connectivity index (χ4n) is 2.00. The normalized spacial score (nSPS) is 15.0. The SMILES string of the molecule is CN1C(=O)CN(C(=O)OC(C)(C)C)c2ccc(F)c(Br)c21. The third kappa shape index (κ3) is 3.02. The molecule has 0 aromatic heterocycles. The van der Waals surface area contributed by atoms with Crippen LogP contribution in [0.2, 0.25) is 0 Å². The van der Waals surface area contributed by atoms with E-state index in [0.717, 1.165) is 0 Å². The summed E-state index contributed by atoms with van der Waals surface area (Å²) < 4.78 is 19.1. The van der Waals surface area contributed by atoms with Gasteiger partial charge in [-0.05, 0) is 48.8 Å². The number of fused-ring (bicyclic) bond motifs is 1.